The minimum absolute atomic E-state index is 0.138. The van der Waals surface area contributed by atoms with Crippen LogP contribution in [0.1, 0.15) is 31.2 Å². The molecule has 3 aliphatic rings. The molecule has 0 saturated carbocycles. The lowest BCUT2D eigenvalue weighted by Gasteiger charge is -2.31. The zero-order valence-electron chi connectivity index (χ0n) is 23.1. The van der Waals surface area contributed by atoms with Gasteiger partial charge in [0.15, 0.2) is 5.75 Å². The zero-order chi connectivity index (χ0) is 28.3. The van der Waals surface area contributed by atoms with Crippen molar-refractivity contribution in [3.63, 3.8) is 0 Å². The van der Waals surface area contributed by atoms with E-state index in [1.807, 2.05) is 24.3 Å². The van der Waals surface area contributed by atoms with Gasteiger partial charge in [-0.25, -0.2) is 15.0 Å². The number of hydrogen-bond donors (Lipinski definition) is 1. The Morgan fingerprint density at radius 1 is 1.02 bits per heavy atom. The molecule has 2 aromatic heterocycles. The highest BCUT2D eigenvalue weighted by Crippen LogP contribution is 2.32. The number of ether oxygens (including phenoxy) is 2. The Morgan fingerprint density at radius 3 is 2.49 bits per heavy atom. The topological polar surface area (TPSA) is 92.7 Å². The summed E-state index contributed by atoms with van der Waals surface area (Å²) in [7, 11) is 1.45. The van der Waals surface area contributed by atoms with Crippen LogP contribution in [0.4, 0.5) is 5.95 Å². The predicted octanol–water partition coefficient (Wildman–Crippen LogP) is 5.21. The van der Waals surface area contributed by atoms with Gasteiger partial charge in [-0.1, -0.05) is 23.2 Å². The summed E-state index contributed by atoms with van der Waals surface area (Å²) in [5, 5.41) is 4.65. The summed E-state index contributed by atoms with van der Waals surface area (Å²) in [6, 6.07) is 9.93. The standard InChI is InChI=1S/C30H34Cl2N6O3/c1-40-29(39)10-19-3-6-37(7-4-19)16-20-8-26(22-11-23(31)13-24(32)12-22)36-28(9-20)41-25-14-34-30(35-15-25)38-17-21-2-5-33-27(21)18-38/h8-9,11-15,19,21,27,33H,2-7,10,16-18H2,1H3/t21-,27+/m0/s1. The fraction of sp³-hybridized carbons (Fsp3) is 0.467. The molecule has 41 heavy (non-hydrogen) atoms. The molecule has 0 aliphatic carbocycles. The number of esters is 1. The van der Waals surface area contributed by atoms with Crippen molar-refractivity contribution in [1.29, 1.82) is 0 Å². The zero-order valence-corrected chi connectivity index (χ0v) is 24.6. The maximum Gasteiger partial charge on any atom is 0.305 e. The van der Waals surface area contributed by atoms with Crippen LogP contribution in [-0.2, 0) is 16.1 Å². The Bertz CT molecular complexity index is 1350. The molecular weight excluding hydrogens is 563 g/mol. The second-order valence-corrected chi connectivity index (χ2v) is 12.1. The van der Waals surface area contributed by atoms with Gasteiger partial charge in [-0.2, -0.15) is 0 Å². The number of nitrogens with one attached hydrogen (secondary N) is 1. The molecule has 1 N–H and O–H groups in total. The lowest BCUT2D eigenvalue weighted by atomic mass is 9.93. The van der Waals surface area contributed by atoms with Crippen molar-refractivity contribution in [1.82, 2.24) is 25.2 Å². The number of benzene rings is 1. The van der Waals surface area contributed by atoms with Crippen molar-refractivity contribution in [2.45, 2.75) is 38.3 Å². The SMILES string of the molecule is COC(=O)CC1CCN(Cc2cc(Oc3cnc(N4C[C@@H]5CCN[C@@H]5C4)nc3)nc(-c3cc(Cl)cc(Cl)c3)c2)CC1. The maximum absolute atomic E-state index is 11.7. The van der Waals surface area contributed by atoms with Gasteiger partial charge in [0, 0.05) is 53.8 Å². The highest BCUT2D eigenvalue weighted by atomic mass is 35.5. The largest absolute Gasteiger partial charge is 0.469 e. The third kappa shape index (κ3) is 6.92. The average molecular weight is 598 g/mol. The van der Waals surface area contributed by atoms with Crippen molar-refractivity contribution in [3.8, 4) is 22.9 Å². The summed E-state index contributed by atoms with van der Waals surface area (Å²) in [5.41, 5.74) is 2.59. The molecule has 6 rings (SSSR count). The monoisotopic (exact) mass is 596 g/mol. The van der Waals surface area contributed by atoms with E-state index in [1.54, 1.807) is 18.5 Å². The first-order valence-electron chi connectivity index (χ1n) is 14.2. The Morgan fingerprint density at radius 2 is 1.78 bits per heavy atom. The molecule has 0 unspecified atom stereocenters. The van der Waals surface area contributed by atoms with Crippen LogP contribution in [0.2, 0.25) is 10.0 Å². The van der Waals surface area contributed by atoms with Crippen LogP contribution in [0.25, 0.3) is 11.3 Å². The van der Waals surface area contributed by atoms with Crippen LogP contribution in [0.5, 0.6) is 11.6 Å². The molecule has 5 heterocycles. The number of aromatic nitrogens is 3. The lowest BCUT2D eigenvalue weighted by Crippen LogP contribution is -2.34. The number of pyridine rings is 1. The molecule has 3 aromatic rings. The Hall–Kier alpha value is -2.98. The molecule has 0 bridgehead atoms. The predicted molar refractivity (Wildman–Crippen MR) is 159 cm³/mol. The summed E-state index contributed by atoms with van der Waals surface area (Å²) >= 11 is 12.6. The average Bonchev–Trinajstić information content (AvgIpc) is 3.57. The van der Waals surface area contributed by atoms with Crippen LogP contribution in [0.3, 0.4) is 0 Å². The van der Waals surface area contributed by atoms with E-state index >= 15 is 0 Å². The van der Waals surface area contributed by atoms with Crippen LogP contribution in [-0.4, -0.2) is 71.7 Å². The van der Waals surface area contributed by atoms with E-state index in [0.29, 0.717) is 46.0 Å². The highest BCUT2D eigenvalue weighted by molar-refractivity contribution is 6.35. The number of hydrogen-bond acceptors (Lipinski definition) is 9. The van der Waals surface area contributed by atoms with Crippen LogP contribution in [0.15, 0.2) is 42.7 Å². The van der Waals surface area contributed by atoms with E-state index in [4.69, 9.17) is 37.7 Å². The number of methoxy groups -OCH3 is 1. The molecule has 11 heteroatoms. The number of rotatable bonds is 8. The fourth-order valence-electron chi connectivity index (χ4n) is 6.14. The van der Waals surface area contributed by atoms with Crippen LogP contribution < -0.4 is 15.0 Å². The van der Waals surface area contributed by atoms with Gasteiger partial charge in [-0.3, -0.25) is 9.69 Å². The van der Waals surface area contributed by atoms with E-state index in [-0.39, 0.29) is 5.97 Å². The van der Waals surface area contributed by atoms with E-state index in [1.165, 1.54) is 13.5 Å². The molecule has 9 nitrogen and oxygen atoms in total. The first kappa shape index (κ1) is 28.2. The molecular formula is C30H34Cl2N6O3. The summed E-state index contributed by atoms with van der Waals surface area (Å²) in [6.45, 7) is 5.54. The Balaban J connectivity index is 1.19. The normalized spacial score (nSPS) is 21.2. The van der Waals surface area contributed by atoms with Crippen LogP contribution in [0, 0.1) is 11.8 Å². The van der Waals surface area contributed by atoms with Crippen molar-refractivity contribution in [2.75, 3.05) is 44.7 Å². The number of likely N-dealkylation sites (tertiary alicyclic amines) is 1. The molecule has 1 aromatic carbocycles. The quantitative estimate of drug-likeness (QED) is 0.352. The second kappa shape index (κ2) is 12.5. The molecule has 2 atom stereocenters. The number of nitrogens with zero attached hydrogens (tertiary/aromatic N) is 5. The second-order valence-electron chi connectivity index (χ2n) is 11.2. The summed E-state index contributed by atoms with van der Waals surface area (Å²) in [5.74, 6) is 2.58. The minimum Gasteiger partial charge on any atom is -0.469 e. The number of carbonyl (C=O) groups excluding carboxylic acids is 1. The first-order valence-corrected chi connectivity index (χ1v) is 14.9. The van der Waals surface area contributed by atoms with E-state index in [2.05, 4.69) is 25.1 Å². The lowest BCUT2D eigenvalue weighted by molar-refractivity contribution is -0.142. The highest BCUT2D eigenvalue weighted by Gasteiger charge is 2.36. The number of anilines is 1. The fourth-order valence-corrected chi connectivity index (χ4v) is 6.66. The van der Waals surface area contributed by atoms with Crippen molar-refractivity contribution >= 4 is 35.1 Å². The van der Waals surface area contributed by atoms with Crippen molar-refractivity contribution in [3.05, 3.63) is 58.3 Å². The van der Waals surface area contributed by atoms with Gasteiger partial charge in [0.2, 0.25) is 11.8 Å². The van der Waals surface area contributed by atoms with E-state index < -0.39 is 0 Å². The third-order valence-electron chi connectivity index (χ3n) is 8.30. The van der Waals surface area contributed by atoms with Gasteiger partial charge >= 0.3 is 5.97 Å². The van der Waals surface area contributed by atoms with Gasteiger partial charge in [0.1, 0.15) is 0 Å². The van der Waals surface area contributed by atoms with Gasteiger partial charge in [-0.15, -0.1) is 0 Å². The van der Waals surface area contributed by atoms with Gasteiger partial charge in [0.25, 0.3) is 0 Å². The van der Waals surface area contributed by atoms with Gasteiger partial charge < -0.3 is 19.7 Å². The molecule has 3 aliphatic heterocycles. The van der Waals surface area contributed by atoms with Gasteiger partial charge in [0.05, 0.1) is 25.2 Å². The first-order chi connectivity index (χ1) is 19.9. The molecule has 3 saturated heterocycles. The Kier molecular flexibility index (Phi) is 8.57. The molecule has 216 valence electrons. The molecule has 3 fully saturated rings. The van der Waals surface area contributed by atoms with Crippen LogP contribution >= 0.6 is 23.2 Å². The molecule has 0 amide bonds. The Labute approximate surface area is 250 Å². The maximum atomic E-state index is 11.7. The summed E-state index contributed by atoms with van der Waals surface area (Å²) in [6.07, 6.45) is 7.02. The number of halogens is 2. The number of fused-ring (bicyclic) bond motifs is 1. The summed E-state index contributed by atoms with van der Waals surface area (Å²) in [4.78, 5) is 30.3. The van der Waals surface area contributed by atoms with Crippen molar-refractivity contribution in [2.24, 2.45) is 11.8 Å². The summed E-state index contributed by atoms with van der Waals surface area (Å²) < 4.78 is 11.0. The smallest absolute Gasteiger partial charge is 0.305 e. The van der Waals surface area contributed by atoms with E-state index in [9.17, 15) is 4.79 Å². The molecule has 0 spiro atoms. The number of carbonyl (C=O) groups is 1. The third-order valence-corrected chi connectivity index (χ3v) is 8.74. The molecule has 0 radical (unpaired) electrons. The minimum atomic E-state index is -0.138. The van der Waals surface area contributed by atoms with Crippen molar-refractivity contribution < 1.29 is 14.3 Å². The van der Waals surface area contributed by atoms with E-state index in [0.717, 1.165) is 74.9 Å². The van der Waals surface area contributed by atoms with Gasteiger partial charge in [-0.05, 0) is 80.6 Å². The number of piperidine rings is 1.